The molecule has 5 heteroatoms. The molecule has 0 aliphatic heterocycles. The minimum atomic E-state index is 0.746. The highest BCUT2D eigenvalue weighted by molar-refractivity contribution is 5.71. The van der Waals surface area contributed by atoms with Crippen LogP contribution in [-0.4, -0.2) is 47.0 Å². The predicted molar refractivity (Wildman–Crippen MR) is 107 cm³/mol. The van der Waals surface area contributed by atoms with Gasteiger partial charge in [0, 0.05) is 42.7 Å². The van der Waals surface area contributed by atoms with Crippen LogP contribution in [0.2, 0.25) is 0 Å². The van der Waals surface area contributed by atoms with E-state index in [-0.39, 0.29) is 0 Å². The van der Waals surface area contributed by atoms with Crippen molar-refractivity contribution in [2.75, 3.05) is 32.5 Å². The molecule has 0 aliphatic carbocycles. The van der Waals surface area contributed by atoms with Gasteiger partial charge < -0.3 is 10.2 Å². The highest BCUT2D eigenvalue weighted by Crippen LogP contribution is 2.25. The Kier molecular flexibility index (Phi) is 5.58. The molecular weight excluding hydrogens is 322 g/mol. The Labute approximate surface area is 155 Å². The van der Waals surface area contributed by atoms with Crippen LogP contribution in [-0.2, 0) is 0 Å². The lowest BCUT2D eigenvalue weighted by molar-refractivity contribution is 0.425. The molecule has 134 valence electrons. The summed E-state index contributed by atoms with van der Waals surface area (Å²) in [5, 5.41) is 3.37. The van der Waals surface area contributed by atoms with E-state index in [9.17, 15) is 0 Å². The Balaban J connectivity index is 1.87. The van der Waals surface area contributed by atoms with Crippen LogP contribution in [0.4, 0.5) is 5.82 Å². The number of hydrogen-bond donors (Lipinski definition) is 1. The van der Waals surface area contributed by atoms with Gasteiger partial charge in [0.25, 0.3) is 0 Å². The van der Waals surface area contributed by atoms with E-state index < -0.39 is 0 Å². The summed E-state index contributed by atoms with van der Waals surface area (Å²) in [6.45, 7) is 5.79. The van der Waals surface area contributed by atoms with Gasteiger partial charge in [-0.2, -0.15) is 0 Å². The first-order chi connectivity index (χ1) is 12.5. The molecule has 2 heterocycles. The van der Waals surface area contributed by atoms with Crippen molar-refractivity contribution < 1.29 is 0 Å². The second kappa shape index (κ2) is 8.06. The summed E-state index contributed by atoms with van der Waals surface area (Å²) < 4.78 is 0. The summed E-state index contributed by atoms with van der Waals surface area (Å²) in [4.78, 5) is 15.6. The summed E-state index contributed by atoms with van der Waals surface area (Å²) in [6.07, 6.45) is 3.74. The average molecular weight is 347 g/mol. The third-order valence-corrected chi connectivity index (χ3v) is 4.12. The van der Waals surface area contributed by atoms with Crippen molar-refractivity contribution in [3.63, 3.8) is 0 Å². The van der Waals surface area contributed by atoms with Gasteiger partial charge in [-0.15, -0.1) is 0 Å². The van der Waals surface area contributed by atoms with Gasteiger partial charge in [0.1, 0.15) is 11.6 Å². The maximum Gasteiger partial charge on any atom is 0.130 e. The zero-order valence-corrected chi connectivity index (χ0v) is 15.8. The van der Waals surface area contributed by atoms with Gasteiger partial charge in [-0.25, -0.2) is 9.97 Å². The molecular formula is C21H25N5. The third kappa shape index (κ3) is 4.64. The van der Waals surface area contributed by atoms with Crippen LogP contribution in [0.3, 0.4) is 0 Å². The Morgan fingerprint density at radius 2 is 1.62 bits per heavy atom. The third-order valence-electron chi connectivity index (χ3n) is 4.12. The summed E-state index contributed by atoms with van der Waals surface area (Å²) in [6, 6.07) is 12.6. The van der Waals surface area contributed by atoms with Crippen LogP contribution < -0.4 is 5.32 Å². The molecule has 0 radical (unpaired) electrons. The van der Waals surface area contributed by atoms with E-state index in [0.717, 1.165) is 47.1 Å². The topological polar surface area (TPSA) is 53.9 Å². The van der Waals surface area contributed by atoms with Crippen molar-refractivity contribution in [3.05, 3.63) is 60.2 Å². The normalized spacial score (nSPS) is 11.0. The minimum absolute atomic E-state index is 0.746. The summed E-state index contributed by atoms with van der Waals surface area (Å²) >= 11 is 0. The van der Waals surface area contributed by atoms with E-state index >= 15 is 0 Å². The molecule has 0 saturated carbocycles. The van der Waals surface area contributed by atoms with Gasteiger partial charge in [0.15, 0.2) is 0 Å². The van der Waals surface area contributed by atoms with Crippen molar-refractivity contribution in [2.24, 2.45) is 0 Å². The SMILES string of the molecule is Cc1ccc(-c2cncc(-c3cc(NCCN(C)C)nc(C)n3)c2)cc1. The number of hydrogen-bond acceptors (Lipinski definition) is 5. The van der Waals surface area contributed by atoms with Gasteiger partial charge >= 0.3 is 0 Å². The smallest absolute Gasteiger partial charge is 0.130 e. The molecule has 0 aliphatic rings. The molecule has 0 amide bonds. The number of rotatable bonds is 6. The van der Waals surface area contributed by atoms with Crippen LogP contribution in [0.25, 0.3) is 22.4 Å². The second-order valence-corrected chi connectivity index (χ2v) is 6.74. The molecule has 0 spiro atoms. The highest BCUT2D eigenvalue weighted by Gasteiger charge is 2.07. The number of likely N-dealkylation sites (N-methyl/N-ethyl adjacent to an activating group) is 1. The van der Waals surface area contributed by atoms with E-state index in [1.807, 2.05) is 25.4 Å². The van der Waals surface area contributed by atoms with Gasteiger partial charge in [0.2, 0.25) is 0 Å². The summed E-state index contributed by atoms with van der Waals surface area (Å²) in [5.74, 6) is 1.59. The average Bonchev–Trinajstić information content (AvgIpc) is 2.62. The molecule has 26 heavy (non-hydrogen) atoms. The van der Waals surface area contributed by atoms with Gasteiger partial charge in [-0.3, -0.25) is 4.98 Å². The van der Waals surface area contributed by atoms with Crippen LogP contribution >= 0.6 is 0 Å². The molecule has 0 fully saturated rings. The highest BCUT2D eigenvalue weighted by atomic mass is 15.1. The second-order valence-electron chi connectivity index (χ2n) is 6.74. The van der Waals surface area contributed by atoms with Crippen LogP contribution in [0.1, 0.15) is 11.4 Å². The van der Waals surface area contributed by atoms with E-state index in [4.69, 9.17) is 0 Å². The maximum absolute atomic E-state index is 4.59. The Morgan fingerprint density at radius 3 is 2.35 bits per heavy atom. The minimum Gasteiger partial charge on any atom is -0.369 e. The number of anilines is 1. The molecule has 3 aromatic rings. The van der Waals surface area contributed by atoms with Crippen molar-refractivity contribution in [1.82, 2.24) is 19.9 Å². The van der Waals surface area contributed by atoms with Crippen LogP contribution in [0.15, 0.2) is 48.8 Å². The predicted octanol–water partition coefficient (Wildman–Crippen LogP) is 3.80. The zero-order chi connectivity index (χ0) is 18.5. The largest absolute Gasteiger partial charge is 0.369 e. The number of pyridine rings is 1. The lowest BCUT2D eigenvalue weighted by atomic mass is 10.0. The Morgan fingerprint density at radius 1 is 0.885 bits per heavy atom. The quantitative estimate of drug-likeness (QED) is 0.735. The number of aromatic nitrogens is 3. The Hall–Kier alpha value is -2.79. The molecule has 1 N–H and O–H groups in total. The Bertz CT molecular complexity index is 872. The van der Waals surface area contributed by atoms with E-state index in [1.165, 1.54) is 5.56 Å². The van der Waals surface area contributed by atoms with E-state index in [0.29, 0.717) is 0 Å². The molecule has 0 unspecified atom stereocenters. The van der Waals surface area contributed by atoms with Crippen molar-refractivity contribution >= 4 is 5.82 Å². The van der Waals surface area contributed by atoms with Gasteiger partial charge in [0.05, 0.1) is 5.69 Å². The molecule has 0 bridgehead atoms. The fourth-order valence-electron chi connectivity index (χ4n) is 2.70. The number of nitrogens with zero attached hydrogens (tertiary/aromatic N) is 4. The summed E-state index contributed by atoms with van der Waals surface area (Å²) in [5.41, 5.74) is 5.36. The molecule has 3 rings (SSSR count). The lowest BCUT2D eigenvalue weighted by Crippen LogP contribution is -2.21. The molecule has 0 atom stereocenters. The maximum atomic E-state index is 4.59. The van der Waals surface area contributed by atoms with E-state index in [1.54, 1.807) is 0 Å². The lowest BCUT2D eigenvalue weighted by Gasteiger charge is -2.12. The van der Waals surface area contributed by atoms with Crippen LogP contribution in [0, 0.1) is 13.8 Å². The van der Waals surface area contributed by atoms with Gasteiger partial charge in [-0.05, 0) is 39.6 Å². The van der Waals surface area contributed by atoms with E-state index in [2.05, 4.69) is 76.5 Å². The zero-order valence-electron chi connectivity index (χ0n) is 15.8. The van der Waals surface area contributed by atoms with Crippen LogP contribution in [0.5, 0.6) is 0 Å². The fourth-order valence-corrected chi connectivity index (χ4v) is 2.70. The monoisotopic (exact) mass is 347 g/mol. The first-order valence-corrected chi connectivity index (χ1v) is 8.78. The number of benzene rings is 1. The van der Waals surface area contributed by atoms with Gasteiger partial charge in [-0.1, -0.05) is 29.8 Å². The standard InChI is InChI=1S/C21H25N5/c1-15-5-7-17(8-6-15)18-11-19(14-22-13-18)20-12-21(25-16(2)24-20)23-9-10-26(3)4/h5-8,11-14H,9-10H2,1-4H3,(H,23,24,25). The summed E-state index contributed by atoms with van der Waals surface area (Å²) in [7, 11) is 4.11. The molecule has 1 aromatic carbocycles. The number of nitrogens with one attached hydrogen (secondary N) is 1. The first kappa shape index (κ1) is 18.0. The first-order valence-electron chi connectivity index (χ1n) is 8.78. The fraction of sp³-hybridized carbons (Fsp3) is 0.286. The van der Waals surface area contributed by atoms with Crippen molar-refractivity contribution in [2.45, 2.75) is 13.8 Å². The molecule has 5 nitrogen and oxygen atoms in total. The molecule has 2 aromatic heterocycles. The molecule has 0 saturated heterocycles. The number of aryl methyl sites for hydroxylation is 2. The van der Waals surface area contributed by atoms with Crippen molar-refractivity contribution in [3.8, 4) is 22.4 Å². The van der Waals surface area contributed by atoms with Crippen molar-refractivity contribution in [1.29, 1.82) is 0 Å².